The molecule has 0 amide bonds. The van der Waals surface area contributed by atoms with Crippen LogP contribution in [-0.2, 0) is 0 Å². The van der Waals surface area contributed by atoms with Gasteiger partial charge in [0.2, 0.25) is 0 Å². The van der Waals surface area contributed by atoms with Crippen LogP contribution in [0.15, 0.2) is 0 Å². The van der Waals surface area contributed by atoms with E-state index in [1.807, 2.05) is 0 Å². The van der Waals surface area contributed by atoms with Crippen LogP contribution < -0.4 is 0 Å². The molecule has 1 rings (SSSR count). The van der Waals surface area contributed by atoms with Gasteiger partial charge in [-0.1, -0.05) is 34.1 Å². The summed E-state index contributed by atoms with van der Waals surface area (Å²) in [6, 6.07) is 0. The topological polar surface area (TPSA) is 6.48 Å². The third-order valence-electron chi connectivity index (χ3n) is 3.47. The Kier molecular flexibility index (Phi) is 5.77. The van der Waals surface area contributed by atoms with E-state index in [1.165, 1.54) is 58.5 Å². The van der Waals surface area contributed by atoms with Crippen molar-refractivity contribution in [2.45, 2.75) is 47.0 Å². The molecule has 0 spiro atoms. The predicted octanol–water partition coefficient (Wildman–Crippen LogP) is 2.84. The monoisotopic (exact) mass is 226 g/mol. The second kappa shape index (κ2) is 6.61. The summed E-state index contributed by atoms with van der Waals surface area (Å²) in [5, 5.41) is 0. The Balaban J connectivity index is 2.12. The number of hydrogen-bond acceptors (Lipinski definition) is 2. The number of nitrogens with zero attached hydrogens (tertiary/aromatic N) is 2. The molecule has 0 N–H and O–H groups in total. The Morgan fingerprint density at radius 2 is 1.38 bits per heavy atom. The highest BCUT2D eigenvalue weighted by atomic mass is 15.3. The molecule has 1 aliphatic heterocycles. The number of unbranched alkanes of at least 4 members (excludes halogenated alkanes) is 1. The number of hydrogen-bond donors (Lipinski definition) is 0. The summed E-state index contributed by atoms with van der Waals surface area (Å²) in [6.45, 7) is 17.0. The molecule has 1 saturated heterocycles. The molecule has 0 unspecified atom stereocenters. The van der Waals surface area contributed by atoms with Crippen molar-refractivity contribution < 1.29 is 0 Å². The maximum Gasteiger partial charge on any atom is 0.0110 e. The highest BCUT2D eigenvalue weighted by Crippen LogP contribution is 2.19. The number of rotatable bonds is 5. The molecule has 16 heavy (non-hydrogen) atoms. The van der Waals surface area contributed by atoms with Crippen LogP contribution in [0.5, 0.6) is 0 Å². The minimum Gasteiger partial charge on any atom is -0.301 e. The fraction of sp³-hybridized carbons (Fsp3) is 1.00. The zero-order valence-electron chi connectivity index (χ0n) is 11.8. The van der Waals surface area contributed by atoms with Crippen molar-refractivity contribution in [2.75, 3.05) is 39.3 Å². The normalized spacial score (nSPS) is 20.2. The Bertz CT molecular complexity index is 176. The first kappa shape index (κ1) is 14.0. The van der Waals surface area contributed by atoms with Gasteiger partial charge in [0.1, 0.15) is 0 Å². The molecule has 2 nitrogen and oxygen atoms in total. The van der Waals surface area contributed by atoms with E-state index in [0.29, 0.717) is 5.41 Å². The van der Waals surface area contributed by atoms with Gasteiger partial charge in [-0.2, -0.15) is 0 Å². The average Bonchev–Trinajstić information content (AvgIpc) is 2.24. The van der Waals surface area contributed by atoms with Crippen LogP contribution >= 0.6 is 0 Å². The fourth-order valence-electron chi connectivity index (χ4n) is 2.11. The summed E-state index contributed by atoms with van der Waals surface area (Å²) in [7, 11) is 0. The van der Waals surface area contributed by atoms with E-state index < -0.39 is 0 Å². The van der Waals surface area contributed by atoms with Crippen molar-refractivity contribution in [1.82, 2.24) is 9.80 Å². The Morgan fingerprint density at radius 3 is 1.81 bits per heavy atom. The molecule has 0 radical (unpaired) electrons. The maximum absolute atomic E-state index is 2.63. The molecule has 1 aliphatic rings. The summed E-state index contributed by atoms with van der Waals surface area (Å²) in [6.07, 6.45) is 4.01. The van der Waals surface area contributed by atoms with Gasteiger partial charge in [0, 0.05) is 26.2 Å². The highest BCUT2D eigenvalue weighted by molar-refractivity contribution is 4.73. The third-order valence-corrected chi connectivity index (χ3v) is 3.47. The molecule has 1 fully saturated rings. The van der Waals surface area contributed by atoms with E-state index in [9.17, 15) is 0 Å². The van der Waals surface area contributed by atoms with Crippen molar-refractivity contribution in [2.24, 2.45) is 5.41 Å². The zero-order chi connectivity index (χ0) is 12.0. The molecule has 0 atom stereocenters. The Morgan fingerprint density at radius 1 is 0.875 bits per heavy atom. The maximum atomic E-state index is 2.63. The molecule has 0 aromatic heterocycles. The van der Waals surface area contributed by atoms with E-state index in [-0.39, 0.29) is 0 Å². The number of piperazine rings is 1. The van der Waals surface area contributed by atoms with Gasteiger partial charge in [-0.05, 0) is 31.3 Å². The lowest BCUT2D eigenvalue weighted by Crippen LogP contribution is -2.47. The first-order valence-corrected chi connectivity index (χ1v) is 6.96. The van der Waals surface area contributed by atoms with Crippen LogP contribution in [0.1, 0.15) is 47.0 Å². The van der Waals surface area contributed by atoms with Crippen LogP contribution in [0.25, 0.3) is 0 Å². The standard InChI is InChI=1S/C14H30N2/c1-5-6-8-15-10-12-16(13-11-15)9-7-14(2,3)4/h5-13H2,1-4H3. The first-order chi connectivity index (χ1) is 7.51. The van der Waals surface area contributed by atoms with Crippen molar-refractivity contribution in [3.8, 4) is 0 Å². The second-order valence-electron chi connectivity index (χ2n) is 6.35. The van der Waals surface area contributed by atoms with Gasteiger partial charge in [-0.3, -0.25) is 0 Å². The Labute approximate surface area is 102 Å². The molecule has 0 bridgehead atoms. The second-order valence-corrected chi connectivity index (χ2v) is 6.35. The quantitative estimate of drug-likeness (QED) is 0.711. The molecule has 0 aliphatic carbocycles. The summed E-state index contributed by atoms with van der Waals surface area (Å²) in [5.41, 5.74) is 0.485. The van der Waals surface area contributed by atoms with Crippen molar-refractivity contribution in [3.05, 3.63) is 0 Å². The lowest BCUT2D eigenvalue weighted by atomic mass is 9.92. The van der Waals surface area contributed by atoms with Crippen molar-refractivity contribution in [1.29, 1.82) is 0 Å². The predicted molar refractivity (Wildman–Crippen MR) is 71.9 cm³/mol. The van der Waals surface area contributed by atoms with Gasteiger partial charge in [-0.15, -0.1) is 0 Å². The molecule has 0 aromatic carbocycles. The van der Waals surface area contributed by atoms with Gasteiger partial charge in [-0.25, -0.2) is 0 Å². The molecule has 96 valence electrons. The molecular formula is C14H30N2. The van der Waals surface area contributed by atoms with E-state index in [1.54, 1.807) is 0 Å². The van der Waals surface area contributed by atoms with Crippen LogP contribution in [0.2, 0.25) is 0 Å². The Hall–Kier alpha value is -0.0800. The first-order valence-electron chi connectivity index (χ1n) is 6.96. The van der Waals surface area contributed by atoms with Gasteiger partial charge in [0.25, 0.3) is 0 Å². The van der Waals surface area contributed by atoms with Gasteiger partial charge in [0.15, 0.2) is 0 Å². The minimum atomic E-state index is 0.485. The van der Waals surface area contributed by atoms with E-state index >= 15 is 0 Å². The fourth-order valence-corrected chi connectivity index (χ4v) is 2.11. The van der Waals surface area contributed by atoms with Crippen LogP contribution in [0.4, 0.5) is 0 Å². The molecule has 1 heterocycles. The lowest BCUT2D eigenvalue weighted by Gasteiger charge is -2.35. The van der Waals surface area contributed by atoms with Crippen molar-refractivity contribution in [3.63, 3.8) is 0 Å². The average molecular weight is 226 g/mol. The van der Waals surface area contributed by atoms with Crippen LogP contribution in [0.3, 0.4) is 0 Å². The summed E-state index contributed by atoms with van der Waals surface area (Å²) in [5.74, 6) is 0. The van der Waals surface area contributed by atoms with E-state index in [2.05, 4.69) is 37.5 Å². The molecular weight excluding hydrogens is 196 g/mol. The van der Waals surface area contributed by atoms with E-state index in [0.717, 1.165) is 0 Å². The zero-order valence-corrected chi connectivity index (χ0v) is 11.8. The van der Waals surface area contributed by atoms with Gasteiger partial charge < -0.3 is 9.80 Å². The summed E-state index contributed by atoms with van der Waals surface area (Å²) >= 11 is 0. The molecule has 0 aromatic rings. The largest absolute Gasteiger partial charge is 0.301 e. The highest BCUT2D eigenvalue weighted by Gasteiger charge is 2.18. The van der Waals surface area contributed by atoms with Gasteiger partial charge >= 0.3 is 0 Å². The van der Waals surface area contributed by atoms with E-state index in [4.69, 9.17) is 0 Å². The SMILES string of the molecule is CCCCN1CCN(CCC(C)(C)C)CC1. The van der Waals surface area contributed by atoms with Crippen molar-refractivity contribution >= 4 is 0 Å². The lowest BCUT2D eigenvalue weighted by molar-refractivity contribution is 0.120. The third kappa shape index (κ3) is 5.86. The van der Waals surface area contributed by atoms with Crippen LogP contribution in [-0.4, -0.2) is 49.1 Å². The minimum absolute atomic E-state index is 0.485. The summed E-state index contributed by atoms with van der Waals surface area (Å²) in [4.78, 5) is 5.25. The molecule has 2 heteroatoms. The molecule has 0 saturated carbocycles. The van der Waals surface area contributed by atoms with Crippen LogP contribution in [0, 0.1) is 5.41 Å². The summed E-state index contributed by atoms with van der Waals surface area (Å²) < 4.78 is 0. The van der Waals surface area contributed by atoms with Gasteiger partial charge in [0.05, 0.1) is 0 Å². The smallest absolute Gasteiger partial charge is 0.0110 e.